The van der Waals surface area contributed by atoms with Crippen molar-refractivity contribution in [3.05, 3.63) is 35.7 Å². The van der Waals surface area contributed by atoms with Gasteiger partial charge in [-0.2, -0.15) is 0 Å². The standard InChI is InChI=1S/C20H31N5S2/c1-14(2)13-25-18(23-24-20(25)27-5)7-6-12-21-19(26)22-17-10-8-16(9-11-17)15(3)4/h8-11,14-15H,6-7,12-13H2,1-5H3,(H2,21,22,26). The third-order valence-corrected chi connectivity index (χ3v) is 5.14. The van der Waals surface area contributed by atoms with Gasteiger partial charge in [-0.1, -0.05) is 51.6 Å². The Morgan fingerprint density at radius 3 is 2.44 bits per heavy atom. The predicted molar refractivity (Wildman–Crippen MR) is 120 cm³/mol. The molecule has 0 aliphatic rings. The summed E-state index contributed by atoms with van der Waals surface area (Å²) in [4.78, 5) is 0. The number of hydrogen-bond donors (Lipinski definition) is 2. The molecule has 2 aromatic rings. The first-order valence-corrected chi connectivity index (χ1v) is 11.1. The van der Waals surface area contributed by atoms with E-state index < -0.39 is 0 Å². The van der Waals surface area contributed by atoms with Crippen LogP contribution < -0.4 is 10.6 Å². The van der Waals surface area contributed by atoms with Gasteiger partial charge in [0.1, 0.15) is 5.82 Å². The van der Waals surface area contributed by atoms with E-state index in [-0.39, 0.29) is 0 Å². The second-order valence-electron chi connectivity index (χ2n) is 7.37. The molecule has 0 bridgehead atoms. The number of nitrogens with zero attached hydrogens (tertiary/aromatic N) is 3. The van der Waals surface area contributed by atoms with Gasteiger partial charge in [-0.25, -0.2) is 0 Å². The van der Waals surface area contributed by atoms with Gasteiger partial charge in [0.25, 0.3) is 0 Å². The van der Waals surface area contributed by atoms with E-state index in [1.54, 1.807) is 11.8 Å². The summed E-state index contributed by atoms with van der Waals surface area (Å²) in [5, 5.41) is 16.8. The van der Waals surface area contributed by atoms with Crippen LogP contribution >= 0.6 is 24.0 Å². The Hall–Kier alpha value is -1.60. The van der Waals surface area contributed by atoms with E-state index in [1.165, 1.54) is 5.56 Å². The van der Waals surface area contributed by atoms with E-state index in [9.17, 15) is 0 Å². The van der Waals surface area contributed by atoms with Gasteiger partial charge in [0.15, 0.2) is 10.3 Å². The first-order valence-electron chi connectivity index (χ1n) is 9.51. The SMILES string of the molecule is CSc1nnc(CCCNC(=S)Nc2ccc(C(C)C)cc2)n1CC(C)C. The molecule has 5 nitrogen and oxygen atoms in total. The first kappa shape index (κ1) is 21.7. The zero-order valence-electron chi connectivity index (χ0n) is 17.0. The maximum Gasteiger partial charge on any atom is 0.190 e. The third-order valence-electron chi connectivity index (χ3n) is 4.22. The summed E-state index contributed by atoms with van der Waals surface area (Å²) >= 11 is 7.05. The van der Waals surface area contributed by atoms with Crippen LogP contribution in [0, 0.1) is 5.92 Å². The minimum Gasteiger partial charge on any atom is -0.362 e. The third kappa shape index (κ3) is 6.81. The predicted octanol–water partition coefficient (Wildman–Crippen LogP) is 4.70. The largest absolute Gasteiger partial charge is 0.362 e. The van der Waals surface area contributed by atoms with Crippen molar-refractivity contribution in [1.29, 1.82) is 0 Å². The van der Waals surface area contributed by atoms with Crippen LogP contribution in [0.4, 0.5) is 5.69 Å². The van der Waals surface area contributed by atoms with Crippen LogP contribution in [0.25, 0.3) is 0 Å². The van der Waals surface area contributed by atoms with E-state index in [0.29, 0.717) is 16.9 Å². The number of hydrogen-bond acceptors (Lipinski definition) is 4. The highest BCUT2D eigenvalue weighted by Gasteiger charge is 2.12. The fraction of sp³-hybridized carbons (Fsp3) is 0.550. The molecule has 2 N–H and O–H groups in total. The Morgan fingerprint density at radius 1 is 1.15 bits per heavy atom. The van der Waals surface area contributed by atoms with E-state index in [1.807, 2.05) is 6.26 Å². The summed E-state index contributed by atoms with van der Waals surface area (Å²) in [7, 11) is 0. The summed E-state index contributed by atoms with van der Waals surface area (Å²) in [6.07, 6.45) is 3.89. The maximum atomic E-state index is 5.40. The molecule has 27 heavy (non-hydrogen) atoms. The number of anilines is 1. The van der Waals surface area contributed by atoms with Gasteiger partial charge in [-0.05, 0) is 54.4 Å². The summed E-state index contributed by atoms with van der Waals surface area (Å²) in [5.74, 6) is 2.16. The van der Waals surface area contributed by atoms with Crippen molar-refractivity contribution in [2.24, 2.45) is 5.92 Å². The number of rotatable bonds is 9. The van der Waals surface area contributed by atoms with Gasteiger partial charge in [0.2, 0.25) is 0 Å². The molecule has 0 amide bonds. The molecule has 0 atom stereocenters. The normalized spacial score (nSPS) is 11.2. The van der Waals surface area contributed by atoms with Gasteiger partial charge in [0, 0.05) is 25.2 Å². The molecule has 0 spiro atoms. The molecule has 0 aliphatic heterocycles. The summed E-state index contributed by atoms with van der Waals surface area (Å²) in [6.45, 7) is 10.6. The molecule has 2 rings (SSSR count). The number of benzene rings is 1. The fourth-order valence-corrected chi connectivity index (χ4v) is 3.52. The lowest BCUT2D eigenvalue weighted by atomic mass is 10.0. The summed E-state index contributed by atoms with van der Waals surface area (Å²) in [5.41, 5.74) is 2.34. The van der Waals surface area contributed by atoms with E-state index in [4.69, 9.17) is 12.2 Å². The van der Waals surface area contributed by atoms with E-state index >= 15 is 0 Å². The van der Waals surface area contributed by atoms with Crippen molar-refractivity contribution in [2.45, 2.75) is 58.2 Å². The van der Waals surface area contributed by atoms with Crippen molar-refractivity contribution in [3.63, 3.8) is 0 Å². The van der Waals surface area contributed by atoms with Crippen LogP contribution in [-0.2, 0) is 13.0 Å². The maximum absolute atomic E-state index is 5.40. The summed E-state index contributed by atoms with van der Waals surface area (Å²) < 4.78 is 2.24. The molecule has 0 aliphatic carbocycles. The van der Waals surface area contributed by atoms with Crippen molar-refractivity contribution in [1.82, 2.24) is 20.1 Å². The average Bonchev–Trinajstić information content (AvgIpc) is 3.00. The fourth-order valence-electron chi connectivity index (χ4n) is 2.78. The zero-order chi connectivity index (χ0) is 19.8. The quantitative estimate of drug-likeness (QED) is 0.358. The molecular formula is C20H31N5S2. The number of aryl methyl sites for hydroxylation is 1. The Balaban J connectivity index is 1.78. The topological polar surface area (TPSA) is 54.8 Å². The monoisotopic (exact) mass is 405 g/mol. The molecule has 148 valence electrons. The van der Waals surface area contributed by atoms with Crippen LogP contribution in [0.15, 0.2) is 29.4 Å². The number of thioether (sulfide) groups is 1. The lowest BCUT2D eigenvalue weighted by Crippen LogP contribution is -2.29. The second kappa shape index (κ2) is 10.7. The number of aromatic nitrogens is 3. The van der Waals surface area contributed by atoms with Crippen LogP contribution in [0.3, 0.4) is 0 Å². The van der Waals surface area contributed by atoms with Gasteiger partial charge in [-0.15, -0.1) is 10.2 Å². The Labute approximate surface area is 172 Å². The first-order chi connectivity index (χ1) is 12.9. The highest BCUT2D eigenvalue weighted by atomic mass is 32.2. The lowest BCUT2D eigenvalue weighted by Gasteiger charge is -2.13. The molecule has 1 aromatic heterocycles. The van der Waals surface area contributed by atoms with Crippen molar-refractivity contribution < 1.29 is 0 Å². The molecule has 0 fully saturated rings. The molecule has 1 heterocycles. The van der Waals surface area contributed by atoms with Gasteiger partial charge < -0.3 is 15.2 Å². The molecular weight excluding hydrogens is 374 g/mol. The highest BCUT2D eigenvalue weighted by Crippen LogP contribution is 2.18. The van der Waals surface area contributed by atoms with Crippen molar-refractivity contribution in [2.75, 3.05) is 18.1 Å². The molecule has 7 heteroatoms. The van der Waals surface area contributed by atoms with Gasteiger partial charge >= 0.3 is 0 Å². The zero-order valence-corrected chi connectivity index (χ0v) is 18.6. The molecule has 0 saturated heterocycles. The number of thiocarbonyl (C=S) groups is 1. The smallest absolute Gasteiger partial charge is 0.190 e. The van der Waals surface area contributed by atoms with Gasteiger partial charge in [-0.3, -0.25) is 0 Å². The van der Waals surface area contributed by atoms with Crippen molar-refractivity contribution in [3.8, 4) is 0 Å². The molecule has 0 unspecified atom stereocenters. The Bertz CT molecular complexity index is 722. The van der Waals surface area contributed by atoms with Crippen LogP contribution in [-0.4, -0.2) is 32.7 Å². The Morgan fingerprint density at radius 2 is 1.85 bits per heavy atom. The highest BCUT2D eigenvalue weighted by molar-refractivity contribution is 7.98. The summed E-state index contributed by atoms with van der Waals surface area (Å²) in [6, 6.07) is 8.42. The molecule has 0 saturated carbocycles. The molecule has 0 radical (unpaired) electrons. The molecule has 1 aromatic carbocycles. The Kier molecular flexibility index (Phi) is 8.57. The minimum atomic E-state index is 0.536. The van der Waals surface area contributed by atoms with Crippen molar-refractivity contribution >= 4 is 34.8 Å². The minimum absolute atomic E-state index is 0.536. The van der Waals surface area contributed by atoms with Crippen LogP contribution in [0.5, 0.6) is 0 Å². The number of nitrogens with one attached hydrogen (secondary N) is 2. The van der Waals surface area contributed by atoms with Crippen LogP contribution in [0.2, 0.25) is 0 Å². The second-order valence-corrected chi connectivity index (χ2v) is 8.55. The van der Waals surface area contributed by atoms with Gasteiger partial charge in [0.05, 0.1) is 0 Å². The van der Waals surface area contributed by atoms with E-state index in [2.05, 4.69) is 77.4 Å². The lowest BCUT2D eigenvalue weighted by molar-refractivity contribution is 0.477. The average molecular weight is 406 g/mol. The van der Waals surface area contributed by atoms with E-state index in [0.717, 1.165) is 42.6 Å². The van der Waals surface area contributed by atoms with Crippen LogP contribution in [0.1, 0.15) is 51.4 Å².